The zero-order chi connectivity index (χ0) is 15.4. The number of nitrogens with one attached hydrogen (secondary N) is 2. The van der Waals surface area contributed by atoms with E-state index in [0.29, 0.717) is 0 Å². The zero-order valence-electron chi connectivity index (χ0n) is 10.5. The van der Waals surface area contributed by atoms with Crippen LogP contribution in [-0.4, -0.2) is 27.0 Å². The van der Waals surface area contributed by atoms with Gasteiger partial charge in [-0.3, -0.25) is 9.78 Å². The molecule has 1 unspecified atom stereocenters. The zero-order valence-corrected chi connectivity index (χ0v) is 10.5. The highest BCUT2D eigenvalue weighted by Gasteiger charge is 2.25. The van der Waals surface area contributed by atoms with Crippen molar-refractivity contribution in [2.75, 3.05) is 0 Å². The minimum atomic E-state index is -1.54. The first-order chi connectivity index (χ1) is 9.97. The van der Waals surface area contributed by atoms with Gasteiger partial charge >= 0.3 is 17.6 Å². The van der Waals surface area contributed by atoms with Crippen molar-refractivity contribution >= 4 is 11.9 Å². The van der Waals surface area contributed by atoms with Crippen LogP contribution in [0.15, 0.2) is 46.0 Å². The number of aromatic nitrogens is 2. The highest BCUT2D eigenvalue weighted by molar-refractivity contribution is 5.89. The maximum atomic E-state index is 11.8. The molecule has 2 rings (SSSR count). The molecule has 3 N–H and O–H groups in total. The van der Waals surface area contributed by atoms with Crippen LogP contribution in [0.5, 0.6) is 0 Å². The molecule has 108 valence electrons. The van der Waals surface area contributed by atoms with Crippen molar-refractivity contribution in [3.8, 4) is 0 Å². The first-order valence-corrected chi connectivity index (χ1v) is 5.80. The number of hydrogen-bond donors (Lipinski definition) is 3. The Hall–Kier alpha value is -3.16. The maximum absolute atomic E-state index is 11.8. The summed E-state index contributed by atoms with van der Waals surface area (Å²) in [6, 6.07) is 8.63. The fourth-order valence-corrected chi connectivity index (χ4v) is 1.64. The van der Waals surface area contributed by atoms with Crippen molar-refractivity contribution in [2.45, 2.75) is 6.10 Å². The van der Waals surface area contributed by atoms with Gasteiger partial charge in [-0.15, -0.1) is 0 Å². The molecule has 0 bridgehead atoms. The number of benzene rings is 1. The Bertz CT molecular complexity index is 749. The number of aliphatic carboxylic acids is 1. The van der Waals surface area contributed by atoms with Crippen molar-refractivity contribution in [2.24, 2.45) is 0 Å². The van der Waals surface area contributed by atoms with Crippen LogP contribution >= 0.6 is 0 Å². The Morgan fingerprint density at radius 1 is 1.10 bits per heavy atom. The van der Waals surface area contributed by atoms with Crippen LogP contribution < -0.4 is 11.2 Å². The smallest absolute Gasteiger partial charge is 0.356 e. The van der Waals surface area contributed by atoms with E-state index in [9.17, 15) is 19.2 Å². The minimum Gasteiger partial charge on any atom is -0.478 e. The monoisotopic (exact) mass is 290 g/mol. The number of carboxylic acids is 1. The molecule has 0 aliphatic rings. The Kier molecular flexibility index (Phi) is 3.98. The Balaban J connectivity index is 2.29. The lowest BCUT2D eigenvalue weighted by molar-refractivity contribution is -0.147. The van der Waals surface area contributed by atoms with E-state index in [0.717, 1.165) is 6.07 Å². The van der Waals surface area contributed by atoms with Crippen molar-refractivity contribution in [3.05, 3.63) is 68.5 Å². The lowest BCUT2D eigenvalue weighted by Gasteiger charge is -2.13. The molecule has 2 aromatic rings. The average Bonchev–Trinajstić information content (AvgIpc) is 2.44. The van der Waals surface area contributed by atoms with Gasteiger partial charge in [-0.05, 0) is 0 Å². The normalized spacial score (nSPS) is 11.6. The molecule has 0 saturated carbocycles. The summed E-state index contributed by atoms with van der Waals surface area (Å²) in [6.45, 7) is 0. The lowest BCUT2D eigenvalue weighted by Crippen LogP contribution is -2.27. The third kappa shape index (κ3) is 3.44. The van der Waals surface area contributed by atoms with Gasteiger partial charge in [-0.1, -0.05) is 30.3 Å². The van der Waals surface area contributed by atoms with Gasteiger partial charge in [0.15, 0.2) is 0 Å². The van der Waals surface area contributed by atoms with E-state index in [-0.39, 0.29) is 5.56 Å². The number of hydrogen-bond acceptors (Lipinski definition) is 5. The molecule has 1 aromatic carbocycles. The van der Waals surface area contributed by atoms with Crippen LogP contribution in [0.2, 0.25) is 0 Å². The topological polar surface area (TPSA) is 129 Å². The SMILES string of the molecule is O=C(OC(C(=O)O)c1ccccc1)c1cc(=O)[nH]c(=O)[nH]1. The molecule has 0 amide bonds. The third-order valence-electron chi connectivity index (χ3n) is 2.53. The van der Waals surface area contributed by atoms with Gasteiger partial charge in [0.2, 0.25) is 6.10 Å². The van der Waals surface area contributed by atoms with E-state index >= 15 is 0 Å². The molecule has 0 fully saturated rings. The van der Waals surface area contributed by atoms with Gasteiger partial charge in [0.25, 0.3) is 5.56 Å². The highest BCUT2D eigenvalue weighted by Crippen LogP contribution is 2.18. The van der Waals surface area contributed by atoms with Gasteiger partial charge in [-0.25, -0.2) is 14.4 Å². The molecule has 0 saturated heterocycles. The predicted octanol–water partition coefficient (Wildman–Crippen LogP) is 0.0459. The molecule has 0 aliphatic heterocycles. The number of carbonyl (C=O) groups is 2. The molecule has 8 heteroatoms. The second-order valence-corrected chi connectivity index (χ2v) is 4.04. The van der Waals surface area contributed by atoms with E-state index < -0.39 is 35.0 Å². The fourth-order valence-electron chi connectivity index (χ4n) is 1.64. The second-order valence-electron chi connectivity index (χ2n) is 4.04. The van der Waals surface area contributed by atoms with Crippen molar-refractivity contribution in [1.29, 1.82) is 0 Å². The molecule has 1 atom stereocenters. The number of H-pyrrole nitrogens is 2. The molecule has 8 nitrogen and oxygen atoms in total. The van der Waals surface area contributed by atoms with Crippen molar-refractivity contribution in [3.63, 3.8) is 0 Å². The standard InChI is InChI=1S/C13H10N2O6/c16-9-6-8(14-13(20)15-9)12(19)21-10(11(17)18)7-4-2-1-3-5-7/h1-6,10H,(H,17,18)(H2,14,15,16,20). The molecule has 1 heterocycles. The Labute approximate surface area is 117 Å². The third-order valence-corrected chi connectivity index (χ3v) is 2.53. The van der Waals surface area contributed by atoms with Crippen LogP contribution in [-0.2, 0) is 9.53 Å². The van der Waals surface area contributed by atoms with E-state index in [1.54, 1.807) is 18.2 Å². The molecule has 0 aliphatic carbocycles. The summed E-state index contributed by atoms with van der Waals surface area (Å²) in [7, 11) is 0. The summed E-state index contributed by atoms with van der Waals surface area (Å²) in [5.74, 6) is -2.49. The quantitative estimate of drug-likeness (QED) is 0.682. The first-order valence-electron chi connectivity index (χ1n) is 5.80. The highest BCUT2D eigenvalue weighted by atomic mass is 16.6. The second kappa shape index (κ2) is 5.87. The van der Waals surface area contributed by atoms with Crippen LogP contribution in [0.25, 0.3) is 0 Å². The predicted molar refractivity (Wildman–Crippen MR) is 69.9 cm³/mol. The summed E-state index contributed by atoms with van der Waals surface area (Å²) in [5.41, 5.74) is -1.85. The maximum Gasteiger partial charge on any atom is 0.356 e. The summed E-state index contributed by atoms with van der Waals surface area (Å²) in [5, 5.41) is 9.11. The van der Waals surface area contributed by atoms with Crippen LogP contribution in [0.3, 0.4) is 0 Å². The Morgan fingerprint density at radius 3 is 2.33 bits per heavy atom. The molecule has 0 radical (unpaired) electrons. The van der Waals surface area contributed by atoms with Gasteiger partial charge in [0.05, 0.1) is 0 Å². The number of carboxylic acid groups (broad SMARTS) is 1. The van der Waals surface area contributed by atoms with Gasteiger partial charge in [0, 0.05) is 11.6 Å². The number of esters is 1. The van der Waals surface area contributed by atoms with E-state index in [1.807, 2.05) is 4.98 Å². The van der Waals surface area contributed by atoms with Crippen LogP contribution in [0, 0.1) is 0 Å². The van der Waals surface area contributed by atoms with E-state index in [1.165, 1.54) is 12.1 Å². The minimum absolute atomic E-state index is 0.255. The van der Waals surface area contributed by atoms with Crippen molar-refractivity contribution < 1.29 is 19.4 Å². The number of ether oxygens (including phenoxy) is 1. The molecule has 1 aromatic heterocycles. The average molecular weight is 290 g/mol. The van der Waals surface area contributed by atoms with E-state index in [2.05, 4.69) is 4.98 Å². The summed E-state index contributed by atoms with van der Waals surface area (Å²) in [4.78, 5) is 49.1. The summed E-state index contributed by atoms with van der Waals surface area (Å²) in [6.07, 6.45) is -1.54. The number of carbonyl (C=O) groups excluding carboxylic acids is 1. The molecular formula is C13H10N2O6. The van der Waals surface area contributed by atoms with Gasteiger partial charge in [-0.2, -0.15) is 0 Å². The van der Waals surface area contributed by atoms with Crippen molar-refractivity contribution in [1.82, 2.24) is 9.97 Å². The summed E-state index contributed by atoms with van der Waals surface area (Å²) < 4.78 is 4.83. The lowest BCUT2D eigenvalue weighted by atomic mass is 10.1. The molecule has 0 spiro atoms. The van der Waals surface area contributed by atoms with Crippen LogP contribution in [0.1, 0.15) is 22.2 Å². The first kappa shape index (κ1) is 14.3. The van der Waals surface area contributed by atoms with Gasteiger partial charge in [0.1, 0.15) is 5.69 Å². The van der Waals surface area contributed by atoms with E-state index in [4.69, 9.17) is 9.84 Å². The molecule has 21 heavy (non-hydrogen) atoms. The fraction of sp³-hybridized carbons (Fsp3) is 0.0769. The van der Waals surface area contributed by atoms with Crippen LogP contribution in [0.4, 0.5) is 0 Å². The van der Waals surface area contributed by atoms with Gasteiger partial charge < -0.3 is 14.8 Å². The molecular weight excluding hydrogens is 280 g/mol. The number of aromatic amines is 2. The largest absolute Gasteiger partial charge is 0.478 e. The Morgan fingerprint density at radius 2 is 1.76 bits per heavy atom. The summed E-state index contributed by atoms with van der Waals surface area (Å²) >= 11 is 0. The number of rotatable bonds is 4.